The van der Waals surface area contributed by atoms with Crippen LogP contribution in [-0.2, 0) is 22.4 Å². The first-order chi connectivity index (χ1) is 22.8. The van der Waals surface area contributed by atoms with Crippen molar-refractivity contribution < 1.29 is 29.3 Å². The lowest BCUT2D eigenvalue weighted by atomic mass is 9.97. The second kappa shape index (κ2) is 13.0. The van der Waals surface area contributed by atoms with Crippen molar-refractivity contribution >= 4 is 45.0 Å². The van der Waals surface area contributed by atoms with Gasteiger partial charge in [-0.25, -0.2) is 14.8 Å². The number of aromatic nitrogens is 2. The third-order valence-corrected chi connectivity index (χ3v) is 10.1. The Morgan fingerprint density at radius 3 is 2.30 bits per heavy atom. The molecule has 0 aliphatic carbocycles. The van der Waals surface area contributed by atoms with Crippen LogP contribution in [0.3, 0.4) is 0 Å². The number of urea groups is 1. The standard InChI is InChI=1S/C34H38N6O6S/c1-20(2)24-17-25(27(42)18-26(24)41)33(43)40-8-7-23-28(19-40)47-32-29(23)31(38-9-13-45-14-10-38)36-30(37-32)21-3-5-22(6-4-21)35-34(44)39-11-15-46-16-12-39/h3-6,17-18,20,41-42H,7-16,19H2,1-2H3,(H,35,44). The van der Waals surface area contributed by atoms with Gasteiger partial charge < -0.3 is 39.7 Å². The highest BCUT2D eigenvalue weighted by Crippen LogP contribution is 2.41. The first kappa shape index (κ1) is 31.2. The van der Waals surface area contributed by atoms with Crippen LogP contribution in [-0.4, -0.2) is 101 Å². The number of anilines is 2. The van der Waals surface area contributed by atoms with Gasteiger partial charge in [-0.2, -0.15) is 0 Å². The van der Waals surface area contributed by atoms with E-state index in [1.54, 1.807) is 27.2 Å². The summed E-state index contributed by atoms with van der Waals surface area (Å²) in [6, 6.07) is 10.3. The highest BCUT2D eigenvalue weighted by Gasteiger charge is 2.31. The van der Waals surface area contributed by atoms with Gasteiger partial charge in [-0.05, 0) is 53.8 Å². The van der Waals surface area contributed by atoms with Crippen LogP contribution in [0.2, 0.25) is 0 Å². The summed E-state index contributed by atoms with van der Waals surface area (Å²) >= 11 is 1.57. The molecule has 0 unspecified atom stereocenters. The Kier molecular flexibility index (Phi) is 8.60. The van der Waals surface area contributed by atoms with Crippen LogP contribution in [0, 0.1) is 0 Å². The average Bonchev–Trinajstić information content (AvgIpc) is 3.46. The fraction of sp³-hybridized carbons (Fsp3) is 0.412. The summed E-state index contributed by atoms with van der Waals surface area (Å²) in [6.07, 6.45) is 0.633. The minimum atomic E-state index is -0.270. The maximum atomic E-state index is 13.7. The predicted octanol–water partition coefficient (Wildman–Crippen LogP) is 4.79. The number of phenolic OH excluding ortho intramolecular Hbond substituents is 2. The molecule has 0 bridgehead atoms. The van der Waals surface area contributed by atoms with Gasteiger partial charge in [0.05, 0.1) is 43.9 Å². The Labute approximate surface area is 276 Å². The summed E-state index contributed by atoms with van der Waals surface area (Å²) in [5, 5.41) is 24.9. The van der Waals surface area contributed by atoms with E-state index >= 15 is 0 Å². The molecule has 7 rings (SSSR count). The van der Waals surface area contributed by atoms with Crippen LogP contribution in [0.25, 0.3) is 21.6 Å². The van der Waals surface area contributed by atoms with E-state index < -0.39 is 0 Å². The first-order valence-electron chi connectivity index (χ1n) is 16.0. The van der Waals surface area contributed by atoms with Crippen molar-refractivity contribution in [1.82, 2.24) is 19.8 Å². The number of nitrogens with one attached hydrogen (secondary N) is 1. The summed E-state index contributed by atoms with van der Waals surface area (Å²) in [5.74, 6) is 0.940. The van der Waals surface area contributed by atoms with E-state index in [-0.39, 0.29) is 34.9 Å². The predicted molar refractivity (Wildman–Crippen MR) is 180 cm³/mol. The number of amides is 3. The summed E-state index contributed by atoms with van der Waals surface area (Å²) in [7, 11) is 0. The minimum Gasteiger partial charge on any atom is -0.508 e. The van der Waals surface area contributed by atoms with Gasteiger partial charge in [0.2, 0.25) is 0 Å². The highest BCUT2D eigenvalue weighted by molar-refractivity contribution is 7.19. The number of benzene rings is 2. The Bertz CT molecular complexity index is 1810. The number of carbonyl (C=O) groups excluding carboxylic acids is 2. The molecule has 12 nitrogen and oxygen atoms in total. The number of fused-ring (bicyclic) bond motifs is 3. The smallest absolute Gasteiger partial charge is 0.321 e. The van der Waals surface area contributed by atoms with Crippen molar-refractivity contribution in [3.8, 4) is 22.9 Å². The number of aromatic hydroxyl groups is 2. The molecular formula is C34H38N6O6S. The van der Waals surface area contributed by atoms with Gasteiger partial charge in [0.1, 0.15) is 22.1 Å². The summed E-state index contributed by atoms with van der Waals surface area (Å²) in [4.78, 5) is 44.1. The molecule has 2 aromatic heterocycles. The number of phenols is 2. The summed E-state index contributed by atoms with van der Waals surface area (Å²) < 4.78 is 11.0. The number of hydrogen-bond acceptors (Lipinski definition) is 10. The molecule has 0 atom stereocenters. The molecule has 4 aromatic rings. The zero-order valence-electron chi connectivity index (χ0n) is 26.5. The second-order valence-electron chi connectivity index (χ2n) is 12.3. The van der Waals surface area contributed by atoms with Crippen molar-refractivity contribution in [2.24, 2.45) is 0 Å². The Hall–Kier alpha value is -4.46. The van der Waals surface area contributed by atoms with Gasteiger partial charge in [-0.3, -0.25) is 4.79 Å². The lowest BCUT2D eigenvalue weighted by Crippen LogP contribution is -2.43. The number of carbonyl (C=O) groups is 2. The molecule has 3 amide bonds. The Balaban J connectivity index is 1.19. The van der Waals surface area contributed by atoms with Crippen molar-refractivity contribution in [2.75, 3.05) is 69.4 Å². The Morgan fingerprint density at radius 1 is 0.894 bits per heavy atom. The number of rotatable bonds is 5. The van der Waals surface area contributed by atoms with E-state index in [4.69, 9.17) is 19.4 Å². The van der Waals surface area contributed by atoms with E-state index in [9.17, 15) is 19.8 Å². The molecule has 3 aliphatic heterocycles. The SMILES string of the molecule is CC(C)c1cc(C(=O)N2CCc3c(sc4nc(-c5ccc(NC(=O)N6CCOCC6)cc5)nc(N5CCOCC5)c34)C2)c(O)cc1O. The molecule has 3 N–H and O–H groups in total. The fourth-order valence-electron chi connectivity index (χ4n) is 6.35. The second-order valence-corrected chi connectivity index (χ2v) is 13.4. The van der Waals surface area contributed by atoms with Gasteiger partial charge in [0, 0.05) is 54.9 Å². The number of hydrogen-bond donors (Lipinski definition) is 3. The lowest BCUT2D eigenvalue weighted by Gasteiger charge is -2.30. The number of morpholine rings is 2. The highest BCUT2D eigenvalue weighted by atomic mass is 32.1. The zero-order chi connectivity index (χ0) is 32.7. The van der Waals surface area contributed by atoms with Gasteiger partial charge in [0.15, 0.2) is 5.82 Å². The molecule has 2 aromatic carbocycles. The molecule has 13 heteroatoms. The minimum absolute atomic E-state index is 0.00543. The first-order valence-corrected chi connectivity index (χ1v) is 16.8. The molecule has 2 saturated heterocycles. The average molecular weight is 659 g/mol. The van der Waals surface area contributed by atoms with E-state index in [1.807, 2.05) is 38.1 Å². The normalized spacial score (nSPS) is 16.9. The van der Waals surface area contributed by atoms with Crippen LogP contribution >= 0.6 is 11.3 Å². The van der Waals surface area contributed by atoms with Crippen LogP contribution in [0.15, 0.2) is 36.4 Å². The quantitative estimate of drug-likeness (QED) is 0.276. The van der Waals surface area contributed by atoms with Crippen LogP contribution in [0.5, 0.6) is 11.5 Å². The molecule has 5 heterocycles. The fourth-order valence-corrected chi connectivity index (χ4v) is 7.58. The van der Waals surface area contributed by atoms with Crippen LogP contribution < -0.4 is 10.2 Å². The van der Waals surface area contributed by atoms with E-state index in [1.165, 1.54) is 6.07 Å². The number of thiophene rings is 1. The monoisotopic (exact) mass is 658 g/mol. The Morgan fingerprint density at radius 2 is 1.60 bits per heavy atom. The summed E-state index contributed by atoms with van der Waals surface area (Å²) in [5.41, 5.74) is 3.49. The zero-order valence-corrected chi connectivity index (χ0v) is 27.3. The molecule has 0 spiro atoms. The molecule has 0 saturated carbocycles. The van der Waals surface area contributed by atoms with Crippen molar-refractivity contribution in [2.45, 2.75) is 32.7 Å². The largest absolute Gasteiger partial charge is 0.508 e. The van der Waals surface area contributed by atoms with Gasteiger partial charge in [0.25, 0.3) is 5.91 Å². The van der Waals surface area contributed by atoms with E-state index in [0.717, 1.165) is 32.0 Å². The maximum Gasteiger partial charge on any atom is 0.321 e. The van der Waals surface area contributed by atoms with E-state index in [2.05, 4.69) is 10.2 Å². The molecule has 47 heavy (non-hydrogen) atoms. The van der Waals surface area contributed by atoms with E-state index in [0.29, 0.717) is 89.2 Å². The maximum absolute atomic E-state index is 13.7. The van der Waals surface area contributed by atoms with Crippen LogP contribution in [0.4, 0.5) is 16.3 Å². The topological polar surface area (TPSA) is 141 Å². The molecule has 246 valence electrons. The molecule has 3 aliphatic rings. The lowest BCUT2D eigenvalue weighted by molar-refractivity contribution is 0.0564. The number of ether oxygens (including phenoxy) is 2. The number of nitrogens with zero attached hydrogens (tertiary/aromatic N) is 5. The third kappa shape index (κ3) is 6.18. The van der Waals surface area contributed by atoms with Crippen molar-refractivity contribution in [1.29, 1.82) is 0 Å². The van der Waals surface area contributed by atoms with Crippen molar-refractivity contribution in [3.63, 3.8) is 0 Å². The molecule has 0 radical (unpaired) electrons. The molecular weight excluding hydrogens is 620 g/mol. The van der Waals surface area contributed by atoms with Crippen molar-refractivity contribution in [3.05, 3.63) is 58.0 Å². The summed E-state index contributed by atoms with van der Waals surface area (Å²) in [6.45, 7) is 9.61. The van der Waals surface area contributed by atoms with Gasteiger partial charge in [-0.1, -0.05) is 13.8 Å². The molecule has 2 fully saturated rings. The van der Waals surface area contributed by atoms with Crippen LogP contribution in [0.1, 0.15) is 46.1 Å². The third-order valence-electron chi connectivity index (χ3n) is 8.97. The van der Waals surface area contributed by atoms with Gasteiger partial charge >= 0.3 is 6.03 Å². The van der Waals surface area contributed by atoms with Gasteiger partial charge in [-0.15, -0.1) is 11.3 Å².